The van der Waals surface area contributed by atoms with Crippen LogP contribution in [0.4, 0.5) is 4.79 Å². The van der Waals surface area contributed by atoms with E-state index in [0.717, 1.165) is 5.56 Å². The topological polar surface area (TPSA) is 50.8 Å². The van der Waals surface area contributed by atoms with Crippen molar-refractivity contribution in [3.05, 3.63) is 23.8 Å². The van der Waals surface area contributed by atoms with E-state index in [0.29, 0.717) is 31.1 Å². The molecule has 2 amide bonds. The Labute approximate surface area is 114 Å². The molecule has 0 bridgehead atoms. The highest BCUT2D eigenvalue weighted by atomic mass is 16.5. The van der Waals surface area contributed by atoms with Gasteiger partial charge in [-0.15, -0.1) is 0 Å². The van der Waals surface area contributed by atoms with Crippen LogP contribution in [-0.2, 0) is 6.54 Å². The number of benzene rings is 1. The molecule has 0 aromatic heterocycles. The lowest BCUT2D eigenvalue weighted by Gasteiger charge is -2.19. The highest BCUT2D eigenvalue weighted by Crippen LogP contribution is 2.27. The molecule has 1 N–H and O–H groups in total. The second kappa shape index (κ2) is 7.51. The molecule has 0 aliphatic rings. The van der Waals surface area contributed by atoms with Gasteiger partial charge in [-0.3, -0.25) is 0 Å². The first kappa shape index (κ1) is 15.1. The highest BCUT2D eigenvalue weighted by molar-refractivity contribution is 5.74. The molecule has 0 saturated heterocycles. The Morgan fingerprint density at radius 1 is 1.16 bits per heavy atom. The molecule has 0 radical (unpaired) electrons. The summed E-state index contributed by atoms with van der Waals surface area (Å²) in [5.41, 5.74) is 0.971. The van der Waals surface area contributed by atoms with Crippen LogP contribution in [0.3, 0.4) is 0 Å². The number of rotatable bonds is 6. The van der Waals surface area contributed by atoms with Crippen LogP contribution in [0.5, 0.6) is 11.5 Å². The summed E-state index contributed by atoms with van der Waals surface area (Å²) < 4.78 is 10.4. The number of hydrogen-bond donors (Lipinski definition) is 1. The van der Waals surface area contributed by atoms with E-state index >= 15 is 0 Å². The van der Waals surface area contributed by atoms with Crippen molar-refractivity contribution in [1.29, 1.82) is 0 Å². The van der Waals surface area contributed by atoms with Crippen molar-refractivity contribution < 1.29 is 14.3 Å². The minimum Gasteiger partial charge on any atom is -0.493 e. The Morgan fingerprint density at radius 3 is 2.32 bits per heavy atom. The zero-order chi connectivity index (χ0) is 14.3. The monoisotopic (exact) mass is 266 g/mol. The molecule has 0 heterocycles. The van der Waals surface area contributed by atoms with Crippen LogP contribution < -0.4 is 14.8 Å². The minimum absolute atomic E-state index is 0.0558. The smallest absolute Gasteiger partial charge is 0.317 e. The number of carbonyl (C=O) groups is 1. The molecule has 19 heavy (non-hydrogen) atoms. The predicted molar refractivity (Wildman–Crippen MR) is 74.7 cm³/mol. The van der Waals surface area contributed by atoms with Crippen LogP contribution >= 0.6 is 0 Å². The maximum Gasteiger partial charge on any atom is 0.317 e. The van der Waals surface area contributed by atoms with Crippen LogP contribution in [-0.4, -0.2) is 38.2 Å². The summed E-state index contributed by atoms with van der Waals surface area (Å²) in [6.45, 7) is 5.79. The molecule has 0 aliphatic carbocycles. The molecule has 0 atom stereocenters. The summed E-state index contributed by atoms with van der Waals surface area (Å²) in [5, 5.41) is 2.88. The standard InChI is InChI=1S/C14H22N2O3/c1-5-16(6-2)14(17)15-10-11-7-8-12(18-3)13(9-11)19-4/h7-9H,5-6,10H2,1-4H3,(H,15,17). The van der Waals surface area contributed by atoms with E-state index in [1.807, 2.05) is 32.0 Å². The van der Waals surface area contributed by atoms with Gasteiger partial charge in [0.1, 0.15) is 0 Å². The summed E-state index contributed by atoms with van der Waals surface area (Å²) in [6.07, 6.45) is 0. The van der Waals surface area contributed by atoms with Crippen LogP contribution in [0, 0.1) is 0 Å². The third kappa shape index (κ3) is 4.05. The number of urea groups is 1. The predicted octanol–water partition coefficient (Wildman–Crippen LogP) is 2.26. The summed E-state index contributed by atoms with van der Waals surface area (Å²) in [6, 6.07) is 5.54. The van der Waals surface area contributed by atoms with Gasteiger partial charge in [0.2, 0.25) is 0 Å². The van der Waals surface area contributed by atoms with E-state index < -0.39 is 0 Å². The molecular weight excluding hydrogens is 244 g/mol. The third-order valence-electron chi connectivity index (χ3n) is 2.94. The fourth-order valence-electron chi connectivity index (χ4n) is 1.79. The Bertz CT molecular complexity index is 417. The van der Waals surface area contributed by atoms with Crippen LogP contribution in [0.2, 0.25) is 0 Å². The quantitative estimate of drug-likeness (QED) is 0.859. The molecule has 0 saturated carbocycles. The van der Waals surface area contributed by atoms with Crippen LogP contribution in [0.15, 0.2) is 18.2 Å². The van der Waals surface area contributed by atoms with Gasteiger partial charge in [0.15, 0.2) is 11.5 Å². The van der Waals surface area contributed by atoms with Gasteiger partial charge in [-0.05, 0) is 31.5 Å². The fraction of sp³-hybridized carbons (Fsp3) is 0.500. The highest BCUT2D eigenvalue weighted by Gasteiger charge is 2.09. The Hall–Kier alpha value is -1.91. The van der Waals surface area contributed by atoms with Crippen molar-refractivity contribution >= 4 is 6.03 Å². The zero-order valence-corrected chi connectivity index (χ0v) is 12.0. The third-order valence-corrected chi connectivity index (χ3v) is 2.94. The Morgan fingerprint density at radius 2 is 1.79 bits per heavy atom. The van der Waals surface area contributed by atoms with E-state index in [1.54, 1.807) is 19.1 Å². The second-order valence-electron chi connectivity index (χ2n) is 4.02. The molecule has 1 aromatic rings. The lowest BCUT2D eigenvalue weighted by Crippen LogP contribution is -2.39. The summed E-state index contributed by atoms with van der Waals surface area (Å²) in [5.74, 6) is 1.35. The van der Waals surface area contributed by atoms with Gasteiger partial charge in [-0.1, -0.05) is 6.07 Å². The molecule has 5 heteroatoms. The van der Waals surface area contributed by atoms with E-state index in [-0.39, 0.29) is 6.03 Å². The van der Waals surface area contributed by atoms with Crippen LogP contribution in [0.1, 0.15) is 19.4 Å². The number of ether oxygens (including phenoxy) is 2. The number of hydrogen-bond acceptors (Lipinski definition) is 3. The van der Waals surface area contributed by atoms with Gasteiger partial charge in [-0.2, -0.15) is 0 Å². The summed E-state index contributed by atoms with van der Waals surface area (Å²) in [4.78, 5) is 13.6. The van der Waals surface area contributed by atoms with Crippen LogP contribution in [0.25, 0.3) is 0 Å². The summed E-state index contributed by atoms with van der Waals surface area (Å²) >= 11 is 0. The minimum atomic E-state index is -0.0558. The van der Waals surface area contributed by atoms with E-state index in [9.17, 15) is 4.79 Å². The molecule has 0 fully saturated rings. The molecular formula is C14H22N2O3. The fourth-order valence-corrected chi connectivity index (χ4v) is 1.79. The maximum absolute atomic E-state index is 11.8. The average molecular weight is 266 g/mol. The lowest BCUT2D eigenvalue weighted by atomic mass is 10.2. The zero-order valence-electron chi connectivity index (χ0n) is 12.0. The molecule has 5 nitrogen and oxygen atoms in total. The number of carbonyl (C=O) groups excluding carboxylic acids is 1. The van der Waals surface area contributed by atoms with Crippen molar-refractivity contribution in [2.45, 2.75) is 20.4 Å². The van der Waals surface area contributed by atoms with Crippen molar-refractivity contribution in [3.8, 4) is 11.5 Å². The lowest BCUT2D eigenvalue weighted by molar-refractivity contribution is 0.203. The van der Waals surface area contributed by atoms with E-state index in [2.05, 4.69) is 5.32 Å². The van der Waals surface area contributed by atoms with Gasteiger partial charge in [0.05, 0.1) is 14.2 Å². The van der Waals surface area contributed by atoms with Crippen molar-refractivity contribution in [3.63, 3.8) is 0 Å². The van der Waals surface area contributed by atoms with Crippen molar-refractivity contribution in [1.82, 2.24) is 10.2 Å². The van der Waals surface area contributed by atoms with E-state index in [4.69, 9.17) is 9.47 Å². The number of nitrogens with zero attached hydrogens (tertiary/aromatic N) is 1. The van der Waals surface area contributed by atoms with Gasteiger partial charge >= 0.3 is 6.03 Å². The van der Waals surface area contributed by atoms with E-state index in [1.165, 1.54) is 0 Å². The first-order valence-corrected chi connectivity index (χ1v) is 6.39. The molecule has 0 unspecified atom stereocenters. The number of methoxy groups -OCH3 is 2. The molecule has 106 valence electrons. The molecule has 1 rings (SSSR count). The van der Waals surface area contributed by atoms with Gasteiger partial charge in [0, 0.05) is 19.6 Å². The first-order chi connectivity index (χ1) is 9.15. The molecule has 0 aliphatic heterocycles. The van der Waals surface area contributed by atoms with Crippen molar-refractivity contribution in [2.75, 3.05) is 27.3 Å². The maximum atomic E-state index is 11.8. The largest absolute Gasteiger partial charge is 0.493 e. The molecule has 1 aromatic carbocycles. The number of nitrogens with one attached hydrogen (secondary N) is 1. The second-order valence-corrected chi connectivity index (χ2v) is 4.02. The Kier molecular flexibility index (Phi) is 5.99. The van der Waals surface area contributed by atoms with Gasteiger partial charge in [0.25, 0.3) is 0 Å². The van der Waals surface area contributed by atoms with Crippen molar-refractivity contribution in [2.24, 2.45) is 0 Å². The average Bonchev–Trinajstić information content (AvgIpc) is 2.45. The Balaban J connectivity index is 2.65. The number of amides is 2. The normalized spacial score (nSPS) is 9.89. The molecule has 0 spiro atoms. The SMILES string of the molecule is CCN(CC)C(=O)NCc1ccc(OC)c(OC)c1. The first-order valence-electron chi connectivity index (χ1n) is 6.39. The van der Waals surface area contributed by atoms with Gasteiger partial charge in [-0.25, -0.2) is 4.79 Å². The van der Waals surface area contributed by atoms with Gasteiger partial charge < -0.3 is 19.7 Å². The summed E-state index contributed by atoms with van der Waals surface area (Å²) in [7, 11) is 3.19.